The molecular weight excluding hydrogens is 278 g/mol. The highest BCUT2D eigenvalue weighted by atomic mass is 35.5. The zero-order valence-electron chi connectivity index (χ0n) is 11.5. The molecule has 5 nitrogen and oxygen atoms in total. The van der Waals surface area contributed by atoms with Gasteiger partial charge in [-0.2, -0.15) is 0 Å². The lowest BCUT2D eigenvalue weighted by Crippen LogP contribution is -2.27. The minimum absolute atomic E-state index is 0.00792. The van der Waals surface area contributed by atoms with Gasteiger partial charge in [-0.15, -0.1) is 10.2 Å². The molecule has 106 valence electrons. The van der Waals surface area contributed by atoms with Gasteiger partial charge in [-0.3, -0.25) is 4.79 Å². The first-order valence-electron chi connectivity index (χ1n) is 6.46. The predicted molar refractivity (Wildman–Crippen MR) is 76.6 cm³/mol. The van der Waals surface area contributed by atoms with Crippen molar-refractivity contribution < 1.29 is 9.21 Å². The van der Waals surface area contributed by atoms with E-state index < -0.39 is 0 Å². The molecule has 20 heavy (non-hydrogen) atoms. The number of amides is 1. The third kappa shape index (κ3) is 3.36. The van der Waals surface area contributed by atoms with E-state index in [9.17, 15) is 4.79 Å². The van der Waals surface area contributed by atoms with E-state index in [1.54, 1.807) is 36.2 Å². The monoisotopic (exact) mass is 293 g/mol. The maximum atomic E-state index is 12.1. The van der Waals surface area contributed by atoms with Crippen LogP contribution in [0.15, 0.2) is 28.7 Å². The molecular formula is C14H16ClN3O2. The quantitative estimate of drug-likeness (QED) is 0.849. The molecule has 0 radical (unpaired) electrons. The third-order valence-corrected chi connectivity index (χ3v) is 3.14. The third-order valence-electron chi connectivity index (χ3n) is 2.89. The molecule has 1 aromatic heterocycles. The number of unbranched alkanes of at least 4 members (excludes halogenated alkanes) is 1. The molecule has 0 aliphatic carbocycles. The lowest BCUT2D eigenvalue weighted by atomic mass is 10.2. The van der Waals surface area contributed by atoms with E-state index in [0.717, 1.165) is 18.4 Å². The summed E-state index contributed by atoms with van der Waals surface area (Å²) in [5.41, 5.74) is 0.733. The second-order valence-corrected chi connectivity index (χ2v) is 4.94. The van der Waals surface area contributed by atoms with Gasteiger partial charge >= 0.3 is 11.8 Å². The van der Waals surface area contributed by atoms with Gasteiger partial charge in [0.1, 0.15) is 0 Å². The van der Waals surface area contributed by atoms with Crippen LogP contribution in [0.25, 0.3) is 11.5 Å². The molecule has 0 saturated heterocycles. The summed E-state index contributed by atoms with van der Waals surface area (Å²) in [6, 6.07) is 7.00. The first-order valence-corrected chi connectivity index (χ1v) is 6.84. The molecule has 0 aliphatic rings. The number of aromatic nitrogens is 2. The molecule has 0 atom stereocenters. The number of hydrogen-bond donors (Lipinski definition) is 0. The van der Waals surface area contributed by atoms with Crippen LogP contribution in [0.1, 0.15) is 30.5 Å². The van der Waals surface area contributed by atoms with Crippen LogP contribution in [0.5, 0.6) is 0 Å². The molecule has 0 saturated carbocycles. The largest absolute Gasteiger partial charge is 0.412 e. The minimum Gasteiger partial charge on any atom is -0.412 e. The summed E-state index contributed by atoms with van der Waals surface area (Å²) in [6.45, 7) is 2.75. The van der Waals surface area contributed by atoms with E-state index in [4.69, 9.17) is 16.0 Å². The van der Waals surface area contributed by atoms with Crippen LogP contribution in [0.4, 0.5) is 0 Å². The normalized spacial score (nSPS) is 10.6. The first-order chi connectivity index (χ1) is 9.61. The van der Waals surface area contributed by atoms with E-state index in [1.165, 1.54) is 0 Å². The summed E-state index contributed by atoms with van der Waals surface area (Å²) >= 11 is 5.82. The van der Waals surface area contributed by atoms with E-state index in [1.807, 2.05) is 0 Å². The second kappa shape index (κ2) is 6.52. The van der Waals surface area contributed by atoms with Crippen molar-refractivity contribution in [2.24, 2.45) is 0 Å². The molecule has 0 aliphatic heterocycles. The van der Waals surface area contributed by atoms with Gasteiger partial charge in [0.15, 0.2) is 0 Å². The Kier molecular flexibility index (Phi) is 4.74. The molecule has 1 amide bonds. The topological polar surface area (TPSA) is 59.2 Å². The second-order valence-electron chi connectivity index (χ2n) is 4.50. The molecule has 0 bridgehead atoms. The molecule has 1 heterocycles. The number of nitrogens with zero attached hydrogens (tertiary/aromatic N) is 3. The Morgan fingerprint density at radius 2 is 2.00 bits per heavy atom. The summed E-state index contributed by atoms with van der Waals surface area (Å²) in [7, 11) is 1.73. The molecule has 6 heteroatoms. The van der Waals surface area contributed by atoms with Crippen LogP contribution >= 0.6 is 11.6 Å². The van der Waals surface area contributed by atoms with Gasteiger partial charge in [-0.1, -0.05) is 24.9 Å². The van der Waals surface area contributed by atoms with Crippen molar-refractivity contribution in [1.82, 2.24) is 15.1 Å². The summed E-state index contributed by atoms with van der Waals surface area (Å²) < 4.78 is 5.42. The summed E-state index contributed by atoms with van der Waals surface area (Å²) in [5, 5.41) is 8.32. The maximum Gasteiger partial charge on any atom is 0.311 e. The minimum atomic E-state index is -0.258. The number of rotatable bonds is 5. The summed E-state index contributed by atoms with van der Waals surface area (Å²) in [6.07, 6.45) is 1.97. The Morgan fingerprint density at radius 1 is 1.30 bits per heavy atom. The molecule has 0 spiro atoms. The fourth-order valence-electron chi connectivity index (χ4n) is 1.68. The van der Waals surface area contributed by atoms with Crippen molar-refractivity contribution in [3.8, 4) is 11.5 Å². The van der Waals surface area contributed by atoms with Crippen LogP contribution in [0.3, 0.4) is 0 Å². The standard InChI is InChI=1S/C14H16ClN3O2/c1-3-4-9-18(2)14(19)13-17-16-12(20-13)10-5-7-11(15)8-6-10/h5-8H,3-4,9H2,1-2H3. The van der Waals surface area contributed by atoms with Crippen molar-refractivity contribution in [2.75, 3.05) is 13.6 Å². The van der Waals surface area contributed by atoms with Gasteiger partial charge in [-0.05, 0) is 30.7 Å². The predicted octanol–water partition coefficient (Wildman–Crippen LogP) is 3.26. The Morgan fingerprint density at radius 3 is 2.65 bits per heavy atom. The molecule has 0 N–H and O–H groups in total. The van der Waals surface area contributed by atoms with Crippen LogP contribution in [0.2, 0.25) is 5.02 Å². The van der Waals surface area contributed by atoms with E-state index in [0.29, 0.717) is 17.5 Å². The van der Waals surface area contributed by atoms with E-state index in [2.05, 4.69) is 17.1 Å². The summed E-state index contributed by atoms with van der Waals surface area (Å²) in [4.78, 5) is 13.6. The number of carbonyl (C=O) groups excluding carboxylic acids is 1. The van der Waals surface area contributed by atoms with Gasteiger partial charge in [0, 0.05) is 24.2 Å². The average molecular weight is 294 g/mol. The Labute approximate surface area is 122 Å². The molecule has 1 aromatic carbocycles. The van der Waals surface area contributed by atoms with Crippen molar-refractivity contribution in [2.45, 2.75) is 19.8 Å². The maximum absolute atomic E-state index is 12.1. The Balaban J connectivity index is 2.12. The number of carbonyl (C=O) groups is 1. The van der Waals surface area contributed by atoms with Gasteiger partial charge in [0.25, 0.3) is 0 Å². The fourth-order valence-corrected chi connectivity index (χ4v) is 1.80. The van der Waals surface area contributed by atoms with Crippen LogP contribution in [0, 0.1) is 0 Å². The summed E-state index contributed by atoms with van der Waals surface area (Å²) in [5.74, 6) is 0.0635. The van der Waals surface area contributed by atoms with Gasteiger partial charge in [0.05, 0.1) is 0 Å². The lowest BCUT2D eigenvalue weighted by Gasteiger charge is -2.13. The number of benzene rings is 1. The molecule has 2 rings (SSSR count). The Hall–Kier alpha value is -1.88. The highest BCUT2D eigenvalue weighted by molar-refractivity contribution is 6.30. The fraction of sp³-hybridized carbons (Fsp3) is 0.357. The first kappa shape index (κ1) is 14.5. The van der Waals surface area contributed by atoms with Crippen molar-refractivity contribution in [1.29, 1.82) is 0 Å². The number of hydrogen-bond acceptors (Lipinski definition) is 4. The lowest BCUT2D eigenvalue weighted by molar-refractivity contribution is 0.0754. The highest BCUT2D eigenvalue weighted by Gasteiger charge is 2.19. The SMILES string of the molecule is CCCCN(C)C(=O)c1nnc(-c2ccc(Cl)cc2)o1. The number of halogens is 1. The van der Waals surface area contributed by atoms with Gasteiger partial charge in [0.2, 0.25) is 5.89 Å². The van der Waals surface area contributed by atoms with Gasteiger partial charge < -0.3 is 9.32 Å². The molecule has 2 aromatic rings. The Bertz CT molecular complexity index is 580. The van der Waals surface area contributed by atoms with Crippen LogP contribution < -0.4 is 0 Å². The van der Waals surface area contributed by atoms with Crippen LogP contribution in [-0.2, 0) is 0 Å². The van der Waals surface area contributed by atoms with Crippen LogP contribution in [-0.4, -0.2) is 34.6 Å². The zero-order chi connectivity index (χ0) is 14.5. The molecule has 0 unspecified atom stereocenters. The van der Waals surface area contributed by atoms with Crippen molar-refractivity contribution in [3.05, 3.63) is 35.2 Å². The van der Waals surface area contributed by atoms with E-state index in [-0.39, 0.29) is 11.8 Å². The van der Waals surface area contributed by atoms with E-state index >= 15 is 0 Å². The van der Waals surface area contributed by atoms with Crippen molar-refractivity contribution >= 4 is 17.5 Å². The van der Waals surface area contributed by atoms with Crippen molar-refractivity contribution in [3.63, 3.8) is 0 Å². The zero-order valence-corrected chi connectivity index (χ0v) is 12.2. The average Bonchev–Trinajstić information content (AvgIpc) is 2.94. The smallest absolute Gasteiger partial charge is 0.311 e. The molecule has 0 fully saturated rings. The highest BCUT2D eigenvalue weighted by Crippen LogP contribution is 2.20. The van der Waals surface area contributed by atoms with Gasteiger partial charge in [-0.25, -0.2) is 0 Å².